The van der Waals surface area contributed by atoms with Crippen LogP contribution in [0.1, 0.15) is 11.1 Å². The minimum atomic E-state index is -0.312. The summed E-state index contributed by atoms with van der Waals surface area (Å²) in [4.78, 5) is 16.8. The summed E-state index contributed by atoms with van der Waals surface area (Å²) in [6, 6.07) is 21.7. The Labute approximate surface area is 178 Å². The van der Waals surface area contributed by atoms with E-state index in [1.165, 1.54) is 6.21 Å². The summed E-state index contributed by atoms with van der Waals surface area (Å²) in [6.45, 7) is 0.192. The van der Waals surface area contributed by atoms with E-state index in [9.17, 15) is 4.79 Å². The molecule has 0 aliphatic carbocycles. The predicted octanol–water partition coefficient (Wildman–Crippen LogP) is 5.56. The zero-order valence-electron chi connectivity index (χ0n) is 15.3. The lowest BCUT2D eigenvalue weighted by molar-refractivity contribution is -0.120. The molecule has 7 heteroatoms. The highest BCUT2D eigenvalue weighted by Gasteiger charge is 2.03. The van der Waals surface area contributed by atoms with Gasteiger partial charge in [-0.05, 0) is 60.2 Å². The van der Waals surface area contributed by atoms with Crippen LogP contribution >= 0.6 is 23.2 Å². The van der Waals surface area contributed by atoms with Crippen molar-refractivity contribution in [2.24, 2.45) is 5.16 Å². The number of nitrogens with one attached hydrogen (secondary N) is 1. The molecule has 0 bridgehead atoms. The van der Waals surface area contributed by atoms with Crippen LogP contribution in [-0.4, -0.2) is 18.7 Å². The number of rotatable bonds is 8. The van der Waals surface area contributed by atoms with Crippen molar-refractivity contribution >= 4 is 41.0 Å². The second kappa shape index (κ2) is 10.5. The number of carbonyl (C=O) groups is 1. The van der Waals surface area contributed by atoms with Gasteiger partial charge in [-0.1, -0.05) is 46.6 Å². The highest BCUT2D eigenvalue weighted by molar-refractivity contribution is 6.31. The topological polar surface area (TPSA) is 59.9 Å². The summed E-state index contributed by atoms with van der Waals surface area (Å²) in [5.41, 5.74) is 2.37. The van der Waals surface area contributed by atoms with Crippen LogP contribution in [0.4, 0.5) is 5.69 Å². The van der Waals surface area contributed by atoms with E-state index in [1.54, 1.807) is 24.3 Å². The van der Waals surface area contributed by atoms with Gasteiger partial charge >= 0.3 is 0 Å². The Bertz CT molecular complexity index is 974. The average molecular weight is 429 g/mol. The summed E-state index contributed by atoms with van der Waals surface area (Å²) < 4.78 is 5.73. The van der Waals surface area contributed by atoms with Crippen LogP contribution in [0.15, 0.2) is 78.0 Å². The van der Waals surface area contributed by atoms with Gasteiger partial charge in [-0.3, -0.25) is 4.79 Å². The second-order valence-corrected chi connectivity index (χ2v) is 6.86. The average Bonchev–Trinajstić information content (AvgIpc) is 2.73. The van der Waals surface area contributed by atoms with Gasteiger partial charge in [0.1, 0.15) is 12.4 Å². The number of oxime groups is 1. The zero-order chi connectivity index (χ0) is 20.5. The summed E-state index contributed by atoms with van der Waals surface area (Å²) in [5, 5.41) is 7.77. The van der Waals surface area contributed by atoms with E-state index in [-0.39, 0.29) is 12.5 Å². The van der Waals surface area contributed by atoms with Gasteiger partial charge in [-0.25, -0.2) is 0 Å². The quantitative estimate of drug-likeness (QED) is 0.377. The van der Waals surface area contributed by atoms with Gasteiger partial charge in [-0.15, -0.1) is 0 Å². The molecule has 0 fully saturated rings. The first-order valence-corrected chi connectivity index (χ1v) is 9.53. The van der Waals surface area contributed by atoms with Gasteiger partial charge in [0.25, 0.3) is 5.91 Å². The van der Waals surface area contributed by atoms with Crippen molar-refractivity contribution in [2.45, 2.75) is 6.61 Å². The standard InChI is InChI=1S/C22H18Cl2N2O3/c23-18-7-9-19(10-8-18)26-22(27)15-29-25-13-16-5-11-20(12-6-16)28-14-17-3-1-2-4-21(17)24/h1-13H,14-15H2,(H,26,27)/b25-13+. The molecule has 3 aromatic rings. The van der Waals surface area contributed by atoms with Crippen molar-refractivity contribution in [1.29, 1.82) is 0 Å². The Hall–Kier alpha value is -3.02. The molecule has 0 aromatic heterocycles. The summed E-state index contributed by atoms with van der Waals surface area (Å²) >= 11 is 11.9. The molecule has 0 radical (unpaired) electrons. The van der Waals surface area contributed by atoms with E-state index in [4.69, 9.17) is 32.8 Å². The Morgan fingerprint density at radius 2 is 1.69 bits per heavy atom. The van der Waals surface area contributed by atoms with Crippen molar-refractivity contribution in [3.8, 4) is 5.75 Å². The summed E-state index contributed by atoms with van der Waals surface area (Å²) in [5.74, 6) is 0.401. The van der Waals surface area contributed by atoms with Gasteiger partial charge in [-0.2, -0.15) is 0 Å². The van der Waals surface area contributed by atoms with Crippen molar-refractivity contribution in [1.82, 2.24) is 0 Å². The van der Waals surface area contributed by atoms with E-state index in [0.29, 0.717) is 28.1 Å². The summed E-state index contributed by atoms with van der Waals surface area (Å²) in [6.07, 6.45) is 1.52. The molecular weight excluding hydrogens is 411 g/mol. The summed E-state index contributed by atoms with van der Waals surface area (Å²) in [7, 11) is 0. The van der Waals surface area contributed by atoms with Crippen molar-refractivity contribution < 1.29 is 14.4 Å². The first-order valence-electron chi connectivity index (χ1n) is 8.77. The molecular formula is C22H18Cl2N2O3. The van der Waals surface area contributed by atoms with E-state index in [0.717, 1.165) is 11.1 Å². The van der Waals surface area contributed by atoms with Crippen LogP contribution in [0.25, 0.3) is 0 Å². The SMILES string of the molecule is O=C(CO/N=C/c1ccc(OCc2ccccc2Cl)cc1)Nc1ccc(Cl)cc1. The fourth-order valence-corrected chi connectivity index (χ4v) is 2.67. The van der Waals surface area contributed by atoms with Crippen molar-refractivity contribution in [2.75, 3.05) is 11.9 Å². The number of ether oxygens (including phenoxy) is 1. The number of anilines is 1. The maximum atomic E-state index is 11.8. The number of carbonyl (C=O) groups excluding carboxylic acids is 1. The molecule has 3 aromatic carbocycles. The van der Waals surface area contributed by atoms with E-state index in [2.05, 4.69) is 10.5 Å². The molecule has 0 saturated carbocycles. The third-order valence-electron chi connectivity index (χ3n) is 3.83. The minimum Gasteiger partial charge on any atom is -0.489 e. The number of benzene rings is 3. The Morgan fingerprint density at radius 3 is 2.41 bits per heavy atom. The number of amides is 1. The van der Waals surface area contributed by atoms with Gasteiger partial charge in [0, 0.05) is 21.3 Å². The Morgan fingerprint density at radius 1 is 0.966 bits per heavy atom. The second-order valence-electron chi connectivity index (χ2n) is 6.01. The highest BCUT2D eigenvalue weighted by atomic mass is 35.5. The molecule has 1 amide bonds. The predicted molar refractivity (Wildman–Crippen MR) is 116 cm³/mol. The van der Waals surface area contributed by atoms with Gasteiger partial charge < -0.3 is 14.9 Å². The first kappa shape index (κ1) is 20.7. The smallest absolute Gasteiger partial charge is 0.265 e. The largest absolute Gasteiger partial charge is 0.489 e. The van der Waals surface area contributed by atoms with Crippen molar-refractivity contribution in [3.63, 3.8) is 0 Å². The lowest BCUT2D eigenvalue weighted by atomic mass is 10.2. The fraction of sp³-hybridized carbons (Fsp3) is 0.0909. The normalized spacial score (nSPS) is 10.7. The Balaban J connectivity index is 1.42. The van der Waals surface area contributed by atoms with E-state index < -0.39 is 0 Å². The number of halogens is 2. The van der Waals surface area contributed by atoms with Crippen molar-refractivity contribution in [3.05, 3.63) is 94.0 Å². The third kappa shape index (κ3) is 6.82. The van der Waals surface area contributed by atoms with E-state index >= 15 is 0 Å². The molecule has 0 atom stereocenters. The maximum Gasteiger partial charge on any atom is 0.265 e. The van der Waals surface area contributed by atoms with Crippen LogP contribution in [0.5, 0.6) is 5.75 Å². The molecule has 0 saturated heterocycles. The molecule has 0 aliphatic heterocycles. The van der Waals surface area contributed by atoms with Crippen LogP contribution < -0.4 is 10.1 Å². The van der Waals surface area contributed by atoms with Crippen LogP contribution in [-0.2, 0) is 16.2 Å². The molecule has 148 valence electrons. The first-order chi connectivity index (χ1) is 14.1. The number of hydrogen-bond donors (Lipinski definition) is 1. The van der Waals surface area contributed by atoms with Gasteiger partial charge in [0.2, 0.25) is 0 Å². The Kier molecular flexibility index (Phi) is 7.50. The molecule has 0 heterocycles. The molecule has 3 rings (SSSR count). The monoisotopic (exact) mass is 428 g/mol. The number of hydrogen-bond acceptors (Lipinski definition) is 4. The molecule has 0 spiro atoms. The number of nitrogens with zero attached hydrogens (tertiary/aromatic N) is 1. The van der Waals surface area contributed by atoms with Crippen LogP contribution in [0, 0.1) is 0 Å². The van der Waals surface area contributed by atoms with Gasteiger partial charge in [0.05, 0.1) is 6.21 Å². The minimum absolute atomic E-state index is 0.196. The highest BCUT2D eigenvalue weighted by Crippen LogP contribution is 2.18. The lowest BCUT2D eigenvalue weighted by Gasteiger charge is -2.07. The van der Waals surface area contributed by atoms with Crippen LogP contribution in [0.2, 0.25) is 10.0 Å². The molecule has 5 nitrogen and oxygen atoms in total. The molecule has 1 N–H and O–H groups in total. The third-order valence-corrected chi connectivity index (χ3v) is 4.45. The van der Waals surface area contributed by atoms with Gasteiger partial charge in [0.15, 0.2) is 6.61 Å². The van der Waals surface area contributed by atoms with Crippen LogP contribution in [0.3, 0.4) is 0 Å². The molecule has 29 heavy (non-hydrogen) atoms. The molecule has 0 unspecified atom stereocenters. The lowest BCUT2D eigenvalue weighted by Crippen LogP contribution is -2.16. The van der Waals surface area contributed by atoms with E-state index in [1.807, 2.05) is 48.5 Å². The zero-order valence-corrected chi connectivity index (χ0v) is 16.9. The molecule has 0 aliphatic rings. The maximum absolute atomic E-state index is 11.8. The fourth-order valence-electron chi connectivity index (χ4n) is 2.35.